The molecule has 0 aliphatic carbocycles. The summed E-state index contributed by atoms with van der Waals surface area (Å²) in [6, 6.07) is 11.1. The molecule has 1 unspecified atom stereocenters. The maximum Gasteiger partial charge on any atom is 0.0702 e. The van der Waals surface area contributed by atoms with Gasteiger partial charge in [0.2, 0.25) is 0 Å². The molecule has 3 nitrogen and oxygen atoms in total. The molecule has 0 aliphatic rings. The monoisotopic (exact) mass is 345 g/mol. The van der Waals surface area contributed by atoms with Crippen LogP contribution in [0.5, 0.6) is 0 Å². The van der Waals surface area contributed by atoms with E-state index in [1.807, 2.05) is 47.0 Å². The van der Waals surface area contributed by atoms with Gasteiger partial charge < -0.3 is 10.6 Å². The van der Waals surface area contributed by atoms with E-state index in [4.69, 9.17) is 0 Å². The summed E-state index contributed by atoms with van der Waals surface area (Å²) in [4.78, 5) is 4.36. The van der Waals surface area contributed by atoms with Gasteiger partial charge in [0.1, 0.15) is 0 Å². The first-order chi connectivity index (χ1) is 12.0. The maximum absolute atomic E-state index is 4.36. The Morgan fingerprint density at radius 3 is 2.40 bits per heavy atom. The molecule has 0 amide bonds. The molecular formula is C22H39N3. The van der Waals surface area contributed by atoms with Crippen LogP contribution in [0.15, 0.2) is 36.5 Å². The molecule has 2 N–H and O–H groups in total. The number of nitrogens with one attached hydrogen (secondary N) is 2. The van der Waals surface area contributed by atoms with Gasteiger partial charge in [0.15, 0.2) is 0 Å². The summed E-state index contributed by atoms with van der Waals surface area (Å²) in [5.74, 6) is 0. The third-order valence-electron chi connectivity index (χ3n) is 3.84. The minimum atomic E-state index is 0.314. The van der Waals surface area contributed by atoms with E-state index >= 15 is 0 Å². The van der Waals surface area contributed by atoms with Gasteiger partial charge in [0.05, 0.1) is 5.52 Å². The first-order valence-electron chi connectivity index (χ1n) is 9.72. The van der Waals surface area contributed by atoms with Crippen LogP contribution in [0.1, 0.15) is 60.5 Å². The van der Waals surface area contributed by atoms with Crippen molar-refractivity contribution >= 4 is 10.9 Å². The second kappa shape index (κ2) is 12.8. The average Bonchev–Trinajstić information content (AvgIpc) is 2.62. The van der Waals surface area contributed by atoms with Crippen LogP contribution in [0.2, 0.25) is 0 Å². The van der Waals surface area contributed by atoms with Crippen molar-refractivity contribution in [3.8, 4) is 0 Å². The highest BCUT2D eigenvalue weighted by Crippen LogP contribution is 2.21. The van der Waals surface area contributed by atoms with Crippen LogP contribution in [0.4, 0.5) is 0 Å². The highest BCUT2D eigenvalue weighted by atomic mass is 14.9. The van der Waals surface area contributed by atoms with Crippen LogP contribution >= 0.6 is 0 Å². The number of benzene rings is 1. The zero-order chi connectivity index (χ0) is 19.3. The van der Waals surface area contributed by atoms with Crippen molar-refractivity contribution in [2.45, 2.75) is 67.5 Å². The van der Waals surface area contributed by atoms with Crippen molar-refractivity contribution < 1.29 is 0 Å². The number of aromatic nitrogens is 1. The molecule has 0 radical (unpaired) electrons. The molecule has 1 heterocycles. The zero-order valence-electron chi connectivity index (χ0n) is 17.6. The first kappa shape index (κ1) is 23.5. The van der Waals surface area contributed by atoms with Gasteiger partial charge in [-0.25, -0.2) is 0 Å². The highest BCUT2D eigenvalue weighted by Gasteiger charge is 2.19. The minimum absolute atomic E-state index is 0.314. The normalized spacial score (nSPS) is 11.8. The highest BCUT2D eigenvalue weighted by molar-refractivity contribution is 5.78. The summed E-state index contributed by atoms with van der Waals surface area (Å²) in [7, 11) is 2.02. The predicted octanol–water partition coefficient (Wildman–Crippen LogP) is 5.40. The van der Waals surface area contributed by atoms with E-state index < -0.39 is 0 Å². The minimum Gasteiger partial charge on any atom is -0.319 e. The molecule has 25 heavy (non-hydrogen) atoms. The fourth-order valence-corrected chi connectivity index (χ4v) is 2.98. The van der Waals surface area contributed by atoms with Crippen molar-refractivity contribution in [3.05, 3.63) is 42.1 Å². The largest absolute Gasteiger partial charge is 0.319 e. The van der Waals surface area contributed by atoms with Gasteiger partial charge in [-0.15, -0.1) is 0 Å². The topological polar surface area (TPSA) is 37.0 Å². The number of nitrogens with zero attached hydrogens (tertiary/aromatic N) is 1. The third kappa shape index (κ3) is 8.99. The summed E-state index contributed by atoms with van der Waals surface area (Å²) < 4.78 is 0. The van der Waals surface area contributed by atoms with Gasteiger partial charge in [-0.3, -0.25) is 4.98 Å². The number of pyridine rings is 1. The standard InChI is InChI=1S/C18H27N3.2C2H6/c1-14(11-18(2,3)13-19-4)21-12-15-7-8-17-16(10-15)6-5-9-20-17;2*1-2/h5-10,14,19,21H,11-13H2,1-4H3;2*1-2H3. The smallest absolute Gasteiger partial charge is 0.0702 e. The first-order valence-corrected chi connectivity index (χ1v) is 9.72. The van der Waals surface area contributed by atoms with Crippen molar-refractivity contribution in [2.75, 3.05) is 13.6 Å². The molecule has 0 spiro atoms. The van der Waals surface area contributed by atoms with E-state index in [1.165, 1.54) is 10.9 Å². The predicted molar refractivity (Wildman–Crippen MR) is 113 cm³/mol. The Balaban J connectivity index is 0.00000134. The summed E-state index contributed by atoms with van der Waals surface area (Å²) in [5.41, 5.74) is 2.69. The Kier molecular flexibility index (Phi) is 12.1. The molecule has 2 aromatic rings. The van der Waals surface area contributed by atoms with Gasteiger partial charge in [-0.1, -0.05) is 53.7 Å². The molecule has 0 saturated heterocycles. The Bertz CT molecular complexity index is 578. The fourth-order valence-electron chi connectivity index (χ4n) is 2.98. The lowest BCUT2D eigenvalue weighted by Crippen LogP contribution is -2.35. The summed E-state index contributed by atoms with van der Waals surface area (Å²) in [6.45, 7) is 16.8. The van der Waals surface area contributed by atoms with Gasteiger partial charge in [-0.2, -0.15) is 0 Å². The van der Waals surface area contributed by atoms with Crippen LogP contribution in [-0.2, 0) is 6.54 Å². The molecule has 1 aromatic heterocycles. The van der Waals surface area contributed by atoms with E-state index in [1.54, 1.807) is 0 Å². The SMILES string of the molecule is CC.CC.CNCC(C)(C)CC(C)NCc1ccc2ncccc2c1. The zero-order valence-corrected chi connectivity index (χ0v) is 17.6. The Labute approximate surface area is 155 Å². The lowest BCUT2D eigenvalue weighted by Gasteiger charge is -2.28. The van der Waals surface area contributed by atoms with Gasteiger partial charge >= 0.3 is 0 Å². The van der Waals surface area contributed by atoms with Crippen molar-refractivity contribution in [1.82, 2.24) is 15.6 Å². The van der Waals surface area contributed by atoms with E-state index in [0.29, 0.717) is 11.5 Å². The second-order valence-corrected chi connectivity index (χ2v) is 6.71. The van der Waals surface area contributed by atoms with Crippen LogP contribution in [0.25, 0.3) is 10.9 Å². The number of fused-ring (bicyclic) bond motifs is 1. The molecule has 0 bridgehead atoms. The lowest BCUT2D eigenvalue weighted by atomic mass is 9.86. The Hall–Kier alpha value is -1.45. The molecule has 2 rings (SSSR count). The van der Waals surface area contributed by atoms with Crippen LogP contribution in [-0.4, -0.2) is 24.6 Å². The summed E-state index contributed by atoms with van der Waals surface area (Å²) in [5, 5.41) is 8.11. The summed E-state index contributed by atoms with van der Waals surface area (Å²) >= 11 is 0. The summed E-state index contributed by atoms with van der Waals surface area (Å²) in [6.07, 6.45) is 3.00. The van der Waals surface area contributed by atoms with E-state index in [-0.39, 0.29) is 0 Å². The van der Waals surface area contributed by atoms with Crippen molar-refractivity contribution in [2.24, 2.45) is 5.41 Å². The van der Waals surface area contributed by atoms with Crippen LogP contribution in [0, 0.1) is 5.41 Å². The van der Waals surface area contributed by atoms with Gasteiger partial charge in [-0.05, 0) is 49.6 Å². The molecular weight excluding hydrogens is 306 g/mol. The fraction of sp³-hybridized carbons (Fsp3) is 0.591. The lowest BCUT2D eigenvalue weighted by molar-refractivity contribution is 0.281. The quantitative estimate of drug-likeness (QED) is 0.705. The van der Waals surface area contributed by atoms with Crippen molar-refractivity contribution in [3.63, 3.8) is 0 Å². The number of rotatable bonds is 7. The van der Waals surface area contributed by atoms with Crippen molar-refractivity contribution in [1.29, 1.82) is 0 Å². The second-order valence-electron chi connectivity index (χ2n) is 6.71. The average molecular weight is 346 g/mol. The third-order valence-corrected chi connectivity index (χ3v) is 3.84. The van der Waals surface area contributed by atoms with Crippen LogP contribution in [0.3, 0.4) is 0 Å². The van der Waals surface area contributed by atoms with Gasteiger partial charge in [0, 0.05) is 30.7 Å². The van der Waals surface area contributed by atoms with E-state index in [9.17, 15) is 0 Å². The molecule has 1 atom stereocenters. The number of hydrogen-bond acceptors (Lipinski definition) is 3. The Morgan fingerprint density at radius 2 is 1.76 bits per heavy atom. The van der Waals surface area contributed by atoms with E-state index in [0.717, 1.165) is 25.0 Å². The Morgan fingerprint density at radius 1 is 1.08 bits per heavy atom. The number of hydrogen-bond donors (Lipinski definition) is 2. The molecule has 3 heteroatoms. The van der Waals surface area contributed by atoms with Gasteiger partial charge in [0.25, 0.3) is 0 Å². The molecule has 0 fully saturated rings. The molecule has 1 aromatic carbocycles. The maximum atomic E-state index is 4.36. The van der Waals surface area contributed by atoms with Crippen LogP contribution < -0.4 is 10.6 Å². The molecule has 0 aliphatic heterocycles. The molecule has 142 valence electrons. The van der Waals surface area contributed by atoms with E-state index in [2.05, 4.69) is 60.7 Å². The molecule has 0 saturated carbocycles.